The van der Waals surface area contributed by atoms with Crippen molar-refractivity contribution in [2.75, 3.05) is 18.1 Å². The van der Waals surface area contributed by atoms with Crippen LogP contribution in [0, 0.1) is 5.41 Å². The Hall–Kier alpha value is -1.11. The second kappa shape index (κ2) is 9.82. The van der Waals surface area contributed by atoms with E-state index in [0.717, 1.165) is 29.4 Å². The van der Waals surface area contributed by atoms with Crippen molar-refractivity contribution in [3.63, 3.8) is 0 Å². The van der Waals surface area contributed by atoms with Gasteiger partial charge in [0.05, 0.1) is 12.8 Å². The van der Waals surface area contributed by atoms with Crippen molar-refractivity contribution in [2.24, 2.45) is 10.6 Å². The highest BCUT2D eigenvalue weighted by Crippen LogP contribution is 2.33. The molecule has 122 valence electrons. The zero-order valence-corrected chi connectivity index (χ0v) is 15.6. The lowest BCUT2D eigenvalue weighted by molar-refractivity contribution is -0.145. The summed E-state index contributed by atoms with van der Waals surface area (Å²) in [5.74, 6) is -0.419. The Morgan fingerprint density at radius 3 is 2.55 bits per heavy atom. The molecule has 1 aromatic carbocycles. The van der Waals surface area contributed by atoms with Crippen molar-refractivity contribution in [3.05, 3.63) is 35.9 Å². The molecule has 1 aromatic rings. The molecule has 0 aromatic heterocycles. The number of alkyl halides is 1. The summed E-state index contributed by atoms with van der Waals surface area (Å²) in [5.41, 5.74) is 2.25. The first kappa shape index (κ1) is 18.9. The van der Waals surface area contributed by atoms with Crippen LogP contribution in [0.3, 0.4) is 0 Å². The highest BCUT2D eigenvalue weighted by Gasteiger charge is 2.30. The van der Waals surface area contributed by atoms with Gasteiger partial charge in [-0.3, -0.25) is 0 Å². The molecule has 0 saturated carbocycles. The van der Waals surface area contributed by atoms with Crippen molar-refractivity contribution < 1.29 is 14.4 Å². The second-order valence-electron chi connectivity index (χ2n) is 5.28. The lowest BCUT2D eigenvalue weighted by Gasteiger charge is -2.30. The van der Waals surface area contributed by atoms with Crippen LogP contribution in [0.5, 0.6) is 0 Å². The van der Waals surface area contributed by atoms with E-state index in [-0.39, 0.29) is 12.0 Å². The van der Waals surface area contributed by atoms with E-state index in [1.807, 2.05) is 13.0 Å². The van der Waals surface area contributed by atoms with E-state index in [2.05, 4.69) is 63.7 Å². The molecule has 1 rings (SSSR count). The summed E-state index contributed by atoms with van der Waals surface area (Å²) in [6.07, 6.45) is 2.99. The molecule has 0 bridgehead atoms. The summed E-state index contributed by atoms with van der Waals surface area (Å²) in [7, 11) is 1.34. The smallest absolute Gasteiger partial charge is 0.346 e. The van der Waals surface area contributed by atoms with Gasteiger partial charge in [-0.1, -0.05) is 65.0 Å². The molecule has 0 fully saturated rings. The van der Waals surface area contributed by atoms with E-state index >= 15 is 0 Å². The molecule has 1 atom stereocenters. The number of carbonyl (C=O) groups is 1. The fourth-order valence-corrected chi connectivity index (χ4v) is 3.71. The number of oxime groups is 1. The Balaban J connectivity index is 2.71. The van der Waals surface area contributed by atoms with Gasteiger partial charge in [-0.2, -0.15) is 0 Å². The lowest BCUT2D eigenvalue weighted by Crippen LogP contribution is -2.31. The van der Waals surface area contributed by atoms with Crippen LogP contribution in [0.2, 0.25) is 0 Å². The molecular weight excluding hydrogens is 393 g/mol. The van der Waals surface area contributed by atoms with Crippen molar-refractivity contribution >= 4 is 34.3 Å². The van der Waals surface area contributed by atoms with E-state index in [0.29, 0.717) is 0 Å². The molecular formula is C17H24INO3. The molecule has 22 heavy (non-hydrogen) atoms. The van der Waals surface area contributed by atoms with Gasteiger partial charge in [0, 0.05) is 9.84 Å². The van der Waals surface area contributed by atoms with Crippen LogP contribution in [0.25, 0.3) is 0 Å². The van der Waals surface area contributed by atoms with Crippen LogP contribution in [-0.2, 0) is 20.8 Å². The number of benzene rings is 1. The standard InChI is InChI=1S/C17H24INO3/c1-4-17(13-18,11-10-15-8-6-5-7-9-15)14(2)19-22-12-16(20)21-3/h5-9H,4,10-13H2,1-3H3. The van der Waals surface area contributed by atoms with Gasteiger partial charge in [0.15, 0.2) is 0 Å². The predicted octanol–water partition coefficient (Wildman–Crippen LogP) is 4.02. The Kier molecular flexibility index (Phi) is 8.45. The molecule has 0 aliphatic rings. The Morgan fingerprint density at radius 1 is 1.32 bits per heavy atom. The van der Waals surface area contributed by atoms with E-state index in [1.54, 1.807) is 0 Å². The van der Waals surface area contributed by atoms with Crippen LogP contribution >= 0.6 is 22.6 Å². The van der Waals surface area contributed by atoms with Gasteiger partial charge in [0.2, 0.25) is 6.61 Å². The summed E-state index contributed by atoms with van der Waals surface area (Å²) in [5, 5.41) is 4.15. The number of halogens is 1. The summed E-state index contributed by atoms with van der Waals surface area (Å²) in [6.45, 7) is 4.00. The maximum Gasteiger partial charge on any atom is 0.346 e. The molecule has 0 amide bonds. The van der Waals surface area contributed by atoms with Gasteiger partial charge in [0.25, 0.3) is 0 Å². The van der Waals surface area contributed by atoms with Crippen LogP contribution < -0.4 is 0 Å². The maximum atomic E-state index is 11.1. The number of ether oxygens (including phenoxy) is 1. The third-order valence-electron chi connectivity index (χ3n) is 4.05. The number of nitrogens with zero attached hydrogens (tertiary/aromatic N) is 1. The molecule has 0 radical (unpaired) electrons. The molecule has 5 heteroatoms. The highest BCUT2D eigenvalue weighted by atomic mass is 127. The predicted molar refractivity (Wildman–Crippen MR) is 97.5 cm³/mol. The summed E-state index contributed by atoms with van der Waals surface area (Å²) < 4.78 is 5.50. The average Bonchev–Trinajstić information content (AvgIpc) is 2.57. The number of hydrogen-bond donors (Lipinski definition) is 0. The molecule has 0 spiro atoms. The number of rotatable bonds is 9. The van der Waals surface area contributed by atoms with Crippen LogP contribution in [0.15, 0.2) is 35.5 Å². The maximum absolute atomic E-state index is 11.1. The molecule has 0 heterocycles. The topological polar surface area (TPSA) is 47.9 Å². The van der Waals surface area contributed by atoms with Crippen LogP contribution in [0.1, 0.15) is 32.3 Å². The lowest BCUT2D eigenvalue weighted by atomic mass is 9.78. The third kappa shape index (κ3) is 5.59. The van der Waals surface area contributed by atoms with Crippen LogP contribution in [-0.4, -0.2) is 29.8 Å². The van der Waals surface area contributed by atoms with Gasteiger partial charge >= 0.3 is 5.97 Å². The molecule has 0 N–H and O–H groups in total. The van der Waals surface area contributed by atoms with Crippen LogP contribution in [0.4, 0.5) is 0 Å². The second-order valence-corrected chi connectivity index (χ2v) is 6.04. The Labute approximate surface area is 146 Å². The quantitative estimate of drug-likeness (QED) is 0.201. The number of carbonyl (C=O) groups excluding carboxylic acids is 1. The first-order valence-electron chi connectivity index (χ1n) is 7.41. The van der Waals surface area contributed by atoms with Crippen molar-refractivity contribution in [1.29, 1.82) is 0 Å². The van der Waals surface area contributed by atoms with Crippen molar-refractivity contribution in [2.45, 2.75) is 33.1 Å². The number of aryl methyl sites for hydroxylation is 1. The Morgan fingerprint density at radius 2 is 2.00 bits per heavy atom. The van der Waals surface area contributed by atoms with Gasteiger partial charge < -0.3 is 9.57 Å². The molecule has 0 aliphatic carbocycles. The van der Waals surface area contributed by atoms with E-state index < -0.39 is 5.97 Å². The van der Waals surface area contributed by atoms with Gasteiger partial charge in [-0.25, -0.2) is 4.79 Å². The Bertz CT molecular complexity index is 484. The summed E-state index contributed by atoms with van der Waals surface area (Å²) >= 11 is 2.40. The minimum absolute atomic E-state index is 0.00742. The first-order valence-corrected chi connectivity index (χ1v) is 8.94. The molecule has 4 nitrogen and oxygen atoms in total. The third-order valence-corrected chi connectivity index (χ3v) is 5.51. The van der Waals surface area contributed by atoms with Gasteiger partial charge in [-0.05, 0) is 31.7 Å². The zero-order valence-electron chi connectivity index (χ0n) is 13.5. The normalized spacial score (nSPS) is 14.3. The summed E-state index contributed by atoms with van der Waals surface area (Å²) in [4.78, 5) is 16.2. The van der Waals surface area contributed by atoms with E-state index in [9.17, 15) is 4.79 Å². The average molecular weight is 417 g/mol. The number of hydrogen-bond acceptors (Lipinski definition) is 4. The van der Waals surface area contributed by atoms with E-state index in [4.69, 9.17) is 4.84 Å². The zero-order chi connectivity index (χ0) is 16.4. The summed E-state index contributed by atoms with van der Waals surface area (Å²) in [6, 6.07) is 10.4. The molecule has 0 saturated heterocycles. The molecule has 1 unspecified atom stereocenters. The first-order chi connectivity index (χ1) is 10.6. The highest BCUT2D eigenvalue weighted by molar-refractivity contribution is 14.1. The fourth-order valence-electron chi connectivity index (χ4n) is 2.24. The monoisotopic (exact) mass is 417 g/mol. The molecule has 0 aliphatic heterocycles. The number of methoxy groups -OCH3 is 1. The fraction of sp³-hybridized carbons (Fsp3) is 0.529. The largest absolute Gasteiger partial charge is 0.466 e. The van der Waals surface area contributed by atoms with Gasteiger partial charge in [-0.15, -0.1) is 0 Å². The van der Waals surface area contributed by atoms with Gasteiger partial charge in [0.1, 0.15) is 0 Å². The van der Waals surface area contributed by atoms with Crippen molar-refractivity contribution in [1.82, 2.24) is 0 Å². The minimum atomic E-state index is -0.419. The SMILES string of the molecule is CCC(CI)(CCc1ccccc1)C(C)=NOCC(=O)OC. The number of esters is 1. The van der Waals surface area contributed by atoms with Crippen molar-refractivity contribution in [3.8, 4) is 0 Å². The minimum Gasteiger partial charge on any atom is -0.466 e. The van der Waals surface area contributed by atoms with E-state index in [1.165, 1.54) is 12.7 Å².